The highest BCUT2D eigenvalue weighted by Gasteiger charge is 2.28. The average molecular weight is 434 g/mol. The summed E-state index contributed by atoms with van der Waals surface area (Å²) in [5, 5.41) is 8.71. The molecule has 2 aromatic rings. The number of aromatic nitrogens is 3. The molecule has 0 unspecified atom stereocenters. The van der Waals surface area contributed by atoms with Crippen LogP contribution >= 0.6 is 0 Å². The molecular weight excluding hydrogens is 402 g/mol. The van der Waals surface area contributed by atoms with Gasteiger partial charge in [0.1, 0.15) is 18.2 Å². The normalized spacial score (nSPS) is 16.1. The van der Waals surface area contributed by atoms with Crippen LogP contribution in [0.5, 0.6) is 5.75 Å². The number of nitrogens with one attached hydrogen (secondary N) is 1. The Morgan fingerprint density at radius 1 is 1.23 bits per heavy atom. The van der Waals surface area contributed by atoms with Crippen LogP contribution in [0.1, 0.15) is 37.1 Å². The highest BCUT2D eigenvalue weighted by Crippen LogP contribution is 2.25. The van der Waals surface area contributed by atoms with Crippen molar-refractivity contribution in [2.75, 3.05) is 26.0 Å². The topological polar surface area (TPSA) is 89.3 Å². The van der Waals surface area contributed by atoms with E-state index in [9.17, 15) is 8.42 Å². The predicted molar refractivity (Wildman–Crippen MR) is 117 cm³/mol. The summed E-state index contributed by atoms with van der Waals surface area (Å²) in [5.74, 6) is 2.51. The zero-order valence-corrected chi connectivity index (χ0v) is 18.7. The molecule has 0 aliphatic carbocycles. The molecule has 1 N–H and O–H groups in total. The van der Waals surface area contributed by atoms with Gasteiger partial charge in [-0.05, 0) is 12.0 Å². The molecule has 2 heterocycles. The van der Waals surface area contributed by atoms with E-state index in [1.54, 1.807) is 6.08 Å². The molecule has 9 heteroatoms. The Bertz CT molecular complexity index is 971. The maximum Gasteiger partial charge on any atom is 0.209 e. The molecule has 3 rings (SSSR count). The Balaban J connectivity index is 1.75. The molecule has 1 aliphatic rings. The minimum Gasteiger partial charge on any atom is -0.489 e. The Kier molecular flexibility index (Phi) is 7.27. The van der Waals surface area contributed by atoms with E-state index >= 15 is 0 Å². The Morgan fingerprint density at radius 3 is 2.70 bits per heavy atom. The van der Waals surface area contributed by atoms with Crippen molar-refractivity contribution in [1.82, 2.24) is 24.4 Å². The highest BCUT2D eigenvalue weighted by molar-refractivity contribution is 7.88. The van der Waals surface area contributed by atoms with Crippen LogP contribution in [0, 0.1) is 5.92 Å². The Morgan fingerprint density at radius 2 is 2.00 bits per heavy atom. The Labute approximate surface area is 179 Å². The molecule has 8 nitrogen and oxygen atoms in total. The van der Waals surface area contributed by atoms with Crippen LogP contribution < -0.4 is 9.46 Å². The molecule has 1 atom stereocenters. The number of para-hydroxylation sites is 1. The lowest BCUT2D eigenvalue weighted by atomic mass is 10.1. The van der Waals surface area contributed by atoms with E-state index in [1.807, 2.05) is 32.0 Å². The molecule has 0 saturated carbocycles. The molecule has 30 heavy (non-hydrogen) atoms. The molecule has 0 fully saturated rings. The summed E-state index contributed by atoms with van der Waals surface area (Å²) in [5.41, 5.74) is 1.14. The molecule has 0 saturated heterocycles. The van der Waals surface area contributed by atoms with Crippen LogP contribution in [0.15, 0.2) is 36.9 Å². The molecule has 0 radical (unpaired) electrons. The smallest absolute Gasteiger partial charge is 0.209 e. The lowest BCUT2D eigenvalue weighted by molar-refractivity contribution is 0.262. The largest absolute Gasteiger partial charge is 0.489 e. The zero-order valence-electron chi connectivity index (χ0n) is 17.9. The number of sulfonamides is 1. The van der Waals surface area contributed by atoms with E-state index in [-0.39, 0.29) is 5.92 Å². The molecule has 164 valence electrons. The fourth-order valence-corrected chi connectivity index (χ4v) is 4.50. The molecular formula is C21H31N5O3S. The van der Waals surface area contributed by atoms with Crippen molar-refractivity contribution in [3.05, 3.63) is 54.1 Å². The third-order valence-corrected chi connectivity index (χ3v) is 5.84. The molecule has 0 spiro atoms. The van der Waals surface area contributed by atoms with Crippen molar-refractivity contribution in [3.63, 3.8) is 0 Å². The van der Waals surface area contributed by atoms with Crippen LogP contribution in [0.2, 0.25) is 0 Å². The summed E-state index contributed by atoms with van der Waals surface area (Å²) < 4.78 is 34.3. The van der Waals surface area contributed by atoms with Gasteiger partial charge in [-0.1, -0.05) is 44.7 Å². The number of ether oxygens (including phenoxy) is 1. The first kappa shape index (κ1) is 22.5. The van der Waals surface area contributed by atoms with E-state index in [2.05, 4.69) is 37.0 Å². The fraction of sp³-hybridized carbons (Fsp3) is 0.524. The second-order valence-electron chi connectivity index (χ2n) is 7.97. The quantitative estimate of drug-likeness (QED) is 0.610. The van der Waals surface area contributed by atoms with E-state index in [1.165, 1.54) is 6.26 Å². The summed E-state index contributed by atoms with van der Waals surface area (Å²) in [4.78, 5) is 2.36. The second-order valence-corrected chi connectivity index (χ2v) is 9.75. The van der Waals surface area contributed by atoms with Crippen molar-refractivity contribution in [2.24, 2.45) is 5.92 Å². The molecule has 0 amide bonds. The van der Waals surface area contributed by atoms with Crippen LogP contribution in [0.3, 0.4) is 0 Å². The fourth-order valence-electron chi connectivity index (χ4n) is 3.66. The SMILES string of the molecule is C=CCOc1ccccc1CN1CCc2nnc([C@@H](NS(C)(=O)=O)C(C)C)n2CC1. The van der Waals surface area contributed by atoms with Crippen LogP contribution in [-0.4, -0.2) is 54.0 Å². The van der Waals surface area contributed by atoms with Crippen LogP contribution in [0.25, 0.3) is 0 Å². The molecule has 0 bridgehead atoms. The van der Waals surface area contributed by atoms with Gasteiger partial charge < -0.3 is 9.30 Å². The third kappa shape index (κ3) is 5.68. The van der Waals surface area contributed by atoms with Crippen LogP contribution in [0.4, 0.5) is 0 Å². The lowest BCUT2D eigenvalue weighted by Crippen LogP contribution is -2.33. The van der Waals surface area contributed by atoms with Crippen molar-refractivity contribution < 1.29 is 13.2 Å². The zero-order chi connectivity index (χ0) is 21.7. The van der Waals surface area contributed by atoms with Gasteiger partial charge in [0.15, 0.2) is 5.82 Å². The van der Waals surface area contributed by atoms with Gasteiger partial charge in [-0.15, -0.1) is 10.2 Å². The van der Waals surface area contributed by atoms with Gasteiger partial charge in [-0.2, -0.15) is 0 Å². The van der Waals surface area contributed by atoms with Crippen molar-refractivity contribution in [1.29, 1.82) is 0 Å². The number of rotatable bonds is 9. The highest BCUT2D eigenvalue weighted by atomic mass is 32.2. The molecule has 1 aliphatic heterocycles. The predicted octanol–water partition coefficient (Wildman–Crippen LogP) is 2.15. The Hall–Kier alpha value is -2.23. The second kappa shape index (κ2) is 9.72. The van der Waals surface area contributed by atoms with Crippen LogP contribution in [-0.2, 0) is 29.5 Å². The average Bonchev–Trinajstić information content (AvgIpc) is 2.98. The van der Waals surface area contributed by atoms with E-state index in [0.717, 1.165) is 43.2 Å². The maximum absolute atomic E-state index is 11.8. The molecule has 1 aromatic carbocycles. The first-order valence-electron chi connectivity index (χ1n) is 10.2. The molecule has 1 aromatic heterocycles. The van der Waals surface area contributed by atoms with E-state index in [4.69, 9.17) is 4.74 Å². The standard InChI is InChI=1S/C21H31N5O3S/c1-5-14-29-18-9-7-6-8-17(18)15-25-11-10-19-22-23-21(26(19)13-12-25)20(16(2)3)24-30(4,27)28/h5-9,16,20,24H,1,10-15H2,2-4H3/t20-/m0/s1. The van der Waals surface area contributed by atoms with Gasteiger partial charge in [-0.3, -0.25) is 4.90 Å². The third-order valence-electron chi connectivity index (χ3n) is 5.16. The van der Waals surface area contributed by atoms with Gasteiger partial charge in [0, 0.05) is 38.2 Å². The van der Waals surface area contributed by atoms with E-state index < -0.39 is 16.1 Å². The van der Waals surface area contributed by atoms with Crippen molar-refractivity contribution >= 4 is 10.0 Å². The summed E-state index contributed by atoms with van der Waals surface area (Å²) in [6.45, 7) is 11.3. The summed E-state index contributed by atoms with van der Waals surface area (Å²) in [7, 11) is -3.36. The summed E-state index contributed by atoms with van der Waals surface area (Å²) >= 11 is 0. The van der Waals surface area contributed by atoms with E-state index in [0.29, 0.717) is 19.0 Å². The van der Waals surface area contributed by atoms with Gasteiger partial charge in [0.05, 0.1) is 12.3 Å². The minimum atomic E-state index is -3.36. The number of hydrogen-bond donors (Lipinski definition) is 1. The minimum absolute atomic E-state index is 0.0567. The number of fused-ring (bicyclic) bond motifs is 1. The monoisotopic (exact) mass is 433 g/mol. The van der Waals surface area contributed by atoms with Crippen molar-refractivity contribution in [3.8, 4) is 5.75 Å². The van der Waals surface area contributed by atoms with Gasteiger partial charge in [0.2, 0.25) is 10.0 Å². The lowest BCUT2D eigenvalue weighted by Gasteiger charge is -2.23. The van der Waals surface area contributed by atoms with Crippen molar-refractivity contribution in [2.45, 2.75) is 39.4 Å². The number of hydrogen-bond acceptors (Lipinski definition) is 6. The number of benzene rings is 1. The van der Waals surface area contributed by atoms with Gasteiger partial charge in [0.25, 0.3) is 0 Å². The number of nitrogens with zero attached hydrogens (tertiary/aromatic N) is 4. The van der Waals surface area contributed by atoms with Gasteiger partial charge >= 0.3 is 0 Å². The summed E-state index contributed by atoms with van der Waals surface area (Å²) in [6.07, 6.45) is 3.67. The first-order chi connectivity index (χ1) is 14.3. The maximum atomic E-state index is 11.8. The first-order valence-corrected chi connectivity index (χ1v) is 12.1. The summed E-state index contributed by atoms with van der Waals surface area (Å²) in [6, 6.07) is 7.65. The van der Waals surface area contributed by atoms with Gasteiger partial charge in [-0.25, -0.2) is 13.1 Å².